The van der Waals surface area contributed by atoms with Gasteiger partial charge in [-0.15, -0.1) is 0 Å². The summed E-state index contributed by atoms with van der Waals surface area (Å²) in [5.74, 6) is 0.904. The van der Waals surface area contributed by atoms with Gasteiger partial charge in [-0.2, -0.15) is 0 Å². The molecule has 0 unspecified atom stereocenters. The second-order valence-electron chi connectivity index (χ2n) is 4.95. The fourth-order valence-corrected chi connectivity index (χ4v) is 2.22. The molecule has 0 atom stereocenters. The van der Waals surface area contributed by atoms with Gasteiger partial charge in [-0.3, -0.25) is 14.9 Å². The first-order chi connectivity index (χ1) is 10.0. The summed E-state index contributed by atoms with van der Waals surface area (Å²) in [6.07, 6.45) is 0.809. The Morgan fingerprint density at radius 1 is 1.43 bits per heavy atom. The smallest absolute Gasteiger partial charge is 0.276 e. The molecule has 1 aromatic heterocycles. The largest absolute Gasteiger partial charge is 0.370 e. The minimum absolute atomic E-state index is 0.00851. The Hall–Kier alpha value is -2.38. The summed E-state index contributed by atoms with van der Waals surface area (Å²) in [7, 11) is 1.76. The highest BCUT2D eigenvalue weighted by molar-refractivity contribution is 5.81. The minimum Gasteiger partial charge on any atom is -0.370 e. The van der Waals surface area contributed by atoms with Gasteiger partial charge in [0.05, 0.1) is 23.6 Å². The Morgan fingerprint density at radius 3 is 2.86 bits per heavy atom. The number of pyridine rings is 1. The number of hydrogen-bond acceptors (Lipinski definition) is 6. The van der Waals surface area contributed by atoms with E-state index in [0.717, 1.165) is 6.42 Å². The second kappa shape index (κ2) is 6.38. The third-order valence-electron chi connectivity index (χ3n) is 3.36. The average molecular weight is 293 g/mol. The molecule has 0 spiro atoms. The normalized spacial score (nSPS) is 15.8. The quantitative estimate of drug-likeness (QED) is 0.660. The molecule has 21 heavy (non-hydrogen) atoms. The molecule has 0 bridgehead atoms. The first-order valence-electron chi connectivity index (χ1n) is 6.90. The fraction of sp³-hybridized carbons (Fsp3) is 0.538. The number of carbonyl (C=O) groups excluding carboxylic acids is 1. The molecule has 8 nitrogen and oxygen atoms in total. The molecule has 2 heterocycles. The van der Waals surface area contributed by atoms with Crippen molar-refractivity contribution in [2.75, 3.05) is 43.4 Å². The van der Waals surface area contributed by atoms with E-state index in [2.05, 4.69) is 10.3 Å². The Balaban J connectivity index is 2.32. The number of likely N-dealkylation sites (N-methyl/N-ethyl adjacent to an activating group) is 1. The number of nitrogens with one attached hydrogen (secondary N) is 1. The van der Waals surface area contributed by atoms with E-state index in [0.29, 0.717) is 31.3 Å². The maximum absolute atomic E-state index is 11.9. The predicted octanol–water partition coefficient (Wildman–Crippen LogP) is 1.09. The van der Waals surface area contributed by atoms with E-state index in [9.17, 15) is 14.9 Å². The Labute approximate surface area is 122 Å². The van der Waals surface area contributed by atoms with Crippen LogP contribution in [0, 0.1) is 10.1 Å². The standard InChI is InChI=1S/C13H19N5O3/c1-3-14-11-7-10(18(20)21)8-12(15-11)17-6-4-5-16(2)13(19)9-17/h7-8H,3-6,9H2,1-2H3,(H,14,15). The van der Waals surface area contributed by atoms with E-state index in [1.807, 2.05) is 6.92 Å². The van der Waals surface area contributed by atoms with Gasteiger partial charge in [0.25, 0.3) is 5.69 Å². The lowest BCUT2D eigenvalue weighted by Crippen LogP contribution is -2.34. The van der Waals surface area contributed by atoms with E-state index in [4.69, 9.17) is 0 Å². The van der Waals surface area contributed by atoms with Crippen LogP contribution in [0.15, 0.2) is 12.1 Å². The molecule has 2 rings (SSSR count). The lowest BCUT2D eigenvalue weighted by molar-refractivity contribution is -0.384. The topological polar surface area (TPSA) is 91.6 Å². The van der Waals surface area contributed by atoms with Crippen molar-refractivity contribution in [3.63, 3.8) is 0 Å². The van der Waals surface area contributed by atoms with Crippen LogP contribution in [0.2, 0.25) is 0 Å². The van der Waals surface area contributed by atoms with Crippen LogP contribution < -0.4 is 10.2 Å². The lowest BCUT2D eigenvalue weighted by Gasteiger charge is -2.21. The van der Waals surface area contributed by atoms with Gasteiger partial charge in [-0.1, -0.05) is 0 Å². The third-order valence-corrected chi connectivity index (χ3v) is 3.36. The number of rotatable bonds is 4. The van der Waals surface area contributed by atoms with Gasteiger partial charge in [-0.25, -0.2) is 4.98 Å². The molecule has 8 heteroatoms. The molecule has 114 valence electrons. The van der Waals surface area contributed by atoms with Gasteiger partial charge < -0.3 is 15.1 Å². The highest BCUT2D eigenvalue weighted by Crippen LogP contribution is 2.24. The monoisotopic (exact) mass is 293 g/mol. The maximum Gasteiger partial charge on any atom is 0.276 e. The van der Waals surface area contributed by atoms with Gasteiger partial charge in [0, 0.05) is 26.7 Å². The fourth-order valence-electron chi connectivity index (χ4n) is 2.22. The summed E-state index contributed by atoms with van der Waals surface area (Å²) in [6, 6.07) is 2.82. The van der Waals surface area contributed by atoms with Crippen LogP contribution in [0.4, 0.5) is 17.3 Å². The van der Waals surface area contributed by atoms with Crippen LogP contribution in [-0.2, 0) is 4.79 Å². The van der Waals surface area contributed by atoms with Crippen molar-refractivity contribution in [1.29, 1.82) is 0 Å². The first kappa shape index (κ1) is 15.0. The number of anilines is 2. The van der Waals surface area contributed by atoms with E-state index >= 15 is 0 Å². The summed E-state index contributed by atoms with van der Waals surface area (Å²) in [4.78, 5) is 30.4. The molecular formula is C13H19N5O3. The Morgan fingerprint density at radius 2 is 2.19 bits per heavy atom. The summed E-state index contributed by atoms with van der Waals surface area (Å²) in [5.41, 5.74) is -0.0269. The molecule has 0 aliphatic carbocycles. The summed E-state index contributed by atoms with van der Waals surface area (Å²) in [5, 5.41) is 14.0. The van der Waals surface area contributed by atoms with Crippen molar-refractivity contribution < 1.29 is 9.72 Å². The molecule has 1 amide bonds. The predicted molar refractivity (Wildman–Crippen MR) is 79.5 cm³/mol. The molecule has 1 aliphatic heterocycles. The highest BCUT2D eigenvalue weighted by atomic mass is 16.6. The summed E-state index contributed by atoms with van der Waals surface area (Å²) < 4.78 is 0. The van der Waals surface area contributed by atoms with Crippen LogP contribution in [0.1, 0.15) is 13.3 Å². The van der Waals surface area contributed by atoms with Crippen LogP contribution >= 0.6 is 0 Å². The minimum atomic E-state index is -0.447. The molecule has 0 aromatic carbocycles. The van der Waals surface area contributed by atoms with Gasteiger partial charge in [0.2, 0.25) is 5.91 Å². The molecule has 0 radical (unpaired) electrons. The number of carbonyl (C=O) groups is 1. The molecule has 1 aromatic rings. The molecular weight excluding hydrogens is 274 g/mol. The molecule has 0 saturated carbocycles. The van der Waals surface area contributed by atoms with Crippen molar-refractivity contribution >= 4 is 23.2 Å². The van der Waals surface area contributed by atoms with Crippen LogP contribution in [0.25, 0.3) is 0 Å². The number of amides is 1. The van der Waals surface area contributed by atoms with Gasteiger partial charge in [0.1, 0.15) is 11.6 Å². The van der Waals surface area contributed by atoms with Crippen molar-refractivity contribution in [3.8, 4) is 0 Å². The summed E-state index contributed by atoms with van der Waals surface area (Å²) in [6.45, 7) is 4.04. The van der Waals surface area contributed by atoms with Gasteiger partial charge >= 0.3 is 0 Å². The second-order valence-corrected chi connectivity index (χ2v) is 4.95. The Kier molecular flexibility index (Phi) is 4.56. The number of nitro groups is 1. The SMILES string of the molecule is CCNc1cc([N+](=O)[O-])cc(N2CCCN(C)C(=O)C2)n1. The van der Waals surface area contributed by atoms with E-state index in [-0.39, 0.29) is 18.1 Å². The van der Waals surface area contributed by atoms with Gasteiger partial charge in [-0.05, 0) is 13.3 Å². The van der Waals surface area contributed by atoms with Crippen LogP contribution in [-0.4, -0.2) is 53.9 Å². The lowest BCUT2D eigenvalue weighted by atomic mass is 10.3. The maximum atomic E-state index is 11.9. The number of hydrogen-bond donors (Lipinski definition) is 1. The van der Waals surface area contributed by atoms with Crippen molar-refractivity contribution in [2.45, 2.75) is 13.3 Å². The zero-order valence-electron chi connectivity index (χ0n) is 12.2. The van der Waals surface area contributed by atoms with Gasteiger partial charge in [0.15, 0.2) is 0 Å². The molecule has 1 fully saturated rings. The number of nitrogens with zero attached hydrogens (tertiary/aromatic N) is 4. The zero-order chi connectivity index (χ0) is 15.4. The highest BCUT2D eigenvalue weighted by Gasteiger charge is 2.22. The summed E-state index contributed by atoms with van der Waals surface area (Å²) >= 11 is 0. The van der Waals surface area contributed by atoms with Crippen molar-refractivity contribution in [3.05, 3.63) is 22.2 Å². The molecule has 1 saturated heterocycles. The van der Waals surface area contributed by atoms with Crippen LogP contribution in [0.5, 0.6) is 0 Å². The third kappa shape index (κ3) is 3.59. The molecule has 1 aliphatic rings. The number of aromatic nitrogens is 1. The first-order valence-corrected chi connectivity index (χ1v) is 6.90. The van der Waals surface area contributed by atoms with E-state index in [1.165, 1.54) is 12.1 Å². The van der Waals surface area contributed by atoms with E-state index < -0.39 is 4.92 Å². The average Bonchev–Trinajstić information content (AvgIpc) is 2.61. The van der Waals surface area contributed by atoms with Crippen LogP contribution in [0.3, 0.4) is 0 Å². The Bertz CT molecular complexity index is 549. The zero-order valence-corrected chi connectivity index (χ0v) is 12.2. The van der Waals surface area contributed by atoms with Crippen molar-refractivity contribution in [1.82, 2.24) is 9.88 Å². The van der Waals surface area contributed by atoms with Crippen molar-refractivity contribution in [2.24, 2.45) is 0 Å². The van der Waals surface area contributed by atoms with E-state index in [1.54, 1.807) is 16.8 Å². The molecule has 1 N–H and O–H groups in total.